The summed E-state index contributed by atoms with van der Waals surface area (Å²) in [5.74, 6) is 0.378. The van der Waals surface area contributed by atoms with Crippen LogP contribution in [0.3, 0.4) is 0 Å². The molecule has 0 saturated carbocycles. The molecular weight excluding hydrogens is 352 g/mol. The Bertz CT molecular complexity index is 662. The lowest BCUT2D eigenvalue weighted by Crippen LogP contribution is -2.34. The standard InChI is InChI=1S/C15H13BrN2O2S/c1-20-13-8-7-10(9-12(13)16)14(19)18-15(21)17-11-5-3-2-4-6-11/h2-9H,1H3,(H2,17,18,19,21). The second-order valence-electron chi connectivity index (χ2n) is 4.12. The van der Waals surface area contributed by atoms with Crippen molar-refractivity contribution >= 4 is 44.9 Å². The van der Waals surface area contributed by atoms with E-state index in [-0.39, 0.29) is 11.0 Å². The van der Waals surface area contributed by atoms with Crippen LogP contribution in [0.4, 0.5) is 5.69 Å². The SMILES string of the molecule is COc1ccc(C(=O)NC(=S)Nc2ccccc2)cc1Br. The van der Waals surface area contributed by atoms with Crippen LogP contribution in [-0.4, -0.2) is 18.1 Å². The van der Waals surface area contributed by atoms with Gasteiger partial charge in [-0.15, -0.1) is 0 Å². The van der Waals surface area contributed by atoms with Crippen LogP contribution in [0.1, 0.15) is 10.4 Å². The summed E-state index contributed by atoms with van der Waals surface area (Å²) in [5.41, 5.74) is 1.30. The van der Waals surface area contributed by atoms with Gasteiger partial charge in [-0.3, -0.25) is 10.1 Å². The second-order valence-corrected chi connectivity index (χ2v) is 5.39. The van der Waals surface area contributed by atoms with Crippen LogP contribution in [0.2, 0.25) is 0 Å². The highest BCUT2D eigenvalue weighted by Crippen LogP contribution is 2.25. The van der Waals surface area contributed by atoms with Gasteiger partial charge < -0.3 is 10.1 Å². The lowest BCUT2D eigenvalue weighted by atomic mass is 10.2. The number of thiocarbonyl (C=S) groups is 1. The first-order valence-corrected chi connectivity index (χ1v) is 7.31. The van der Waals surface area contributed by atoms with E-state index in [1.807, 2.05) is 30.3 Å². The van der Waals surface area contributed by atoms with Gasteiger partial charge in [0.25, 0.3) is 5.91 Å². The van der Waals surface area contributed by atoms with Crippen molar-refractivity contribution in [3.63, 3.8) is 0 Å². The van der Waals surface area contributed by atoms with E-state index in [1.165, 1.54) is 0 Å². The summed E-state index contributed by atoms with van der Waals surface area (Å²) in [6.45, 7) is 0. The molecule has 0 aromatic heterocycles. The Morgan fingerprint density at radius 2 is 1.90 bits per heavy atom. The molecule has 2 aromatic carbocycles. The molecule has 0 aliphatic carbocycles. The first-order chi connectivity index (χ1) is 10.1. The van der Waals surface area contributed by atoms with Gasteiger partial charge in [0.2, 0.25) is 0 Å². The Hall–Kier alpha value is -1.92. The molecule has 0 saturated heterocycles. The van der Waals surface area contributed by atoms with Crippen molar-refractivity contribution < 1.29 is 9.53 Å². The number of carbonyl (C=O) groups is 1. The van der Waals surface area contributed by atoms with Crippen LogP contribution in [0, 0.1) is 0 Å². The Labute approximate surface area is 136 Å². The number of ether oxygens (including phenoxy) is 1. The van der Waals surface area contributed by atoms with Gasteiger partial charge in [-0.05, 0) is 58.5 Å². The fourth-order valence-electron chi connectivity index (χ4n) is 1.67. The average molecular weight is 365 g/mol. The molecule has 0 aliphatic heterocycles. The van der Waals surface area contributed by atoms with Gasteiger partial charge >= 0.3 is 0 Å². The number of nitrogens with one attached hydrogen (secondary N) is 2. The molecule has 2 rings (SSSR count). The molecule has 4 nitrogen and oxygen atoms in total. The summed E-state index contributed by atoms with van der Waals surface area (Å²) in [5, 5.41) is 5.82. The normalized spacial score (nSPS) is 9.81. The fourth-order valence-corrected chi connectivity index (χ4v) is 2.42. The molecule has 0 spiro atoms. The average Bonchev–Trinajstić information content (AvgIpc) is 2.48. The molecule has 0 bridgehead atoms. The van der Waals surface area contributed by atoms with Gasteiger partial charge in [-0.25, -0.2) is 0 Å². The van der Waals surface area contributed by atoms with Crippen LogP contribution < -0.4 is 15.4 Å². The zero-order valence-corrected chi connectivity index (χ0v) is 13.6. The van der Waals surface area contributed by atoms with Crippen LogP contribution in [0.15, 0.2) is 53.0 Å². The molecule has 2 aromatic rings. The van der Waals surface area contributed by atoms with Gasteiger partial charge in [0.05, 0.1) is 11.6 Å². The van der Waals surface area contributed by atoms with Crippen molar-refractivity contribution in [1.82, 2.24) is 5.32 Å². The summed E-state index contributed by atoms with van der Waals surface area (Å²) in [6, 6.07) is 14.5. The lowest BCUT2D eigenvalue weighted by molar-refractivity contribution is 0.0977. The van der Waals surface area contributed by atoms with E-state index in [0.717, 1.165) is 5.69 Å². The predicted octanol–water partition coefficient (Wildman–Crippen LogP) is 3.58. The molecule has 108 valence electrons. The predicted molar refractivity (Wildman–Crippen MR) is 90.8 cm³/mol. The number of carbonyl (C=O) groups excluding carboxylic acids is 1. The van der Waals surface area contributed by atoms with Gasteiger partial charge in [0.1, 0.15) is 5.75 Å². The van der Waals surface area contributed by atoms with E-state index in [1.54, 1.807) is 25.3 Å². The summed E-state index contributed by atoms with van der Waals surface area (Å²) in [6.07, 6.45) is 0. The molecule has 0 atom stereocenters. The van der Waals surface area contributed by atoms with Crippen molar-refractivity contribution in [2.45, 2.75) is 0 Å². The van der Waals surface area contributed by atoms with Crippen molar-refractivity contribution in [3.8, 4) is 5.75 Å². The van der Waals surface area contributed by atoms with Crippen LogP contribution in [-0.2, 0) is 0 Å². The van der Waals surface area contributed by atoms with E-state index in [4.69, 9.17) is 17.0 Å². The molecule has 1 amide bonds. The summed E-state index contributed by atoms with van der Waals surface area (Å²) >= 11 is 8.46. The Kier molecular flexibility index (Phi) is 5.30. The van der Waals surface area contributed by atoms with Crippen molar-refractivity contribution in [1.29, 1.82) is 0 Å². The van der Waals surface area contributed by atoms with Gasteiger partial charge in [-0.2, -0.15) is 0 Å². The van der Waals surface area contributed by atoms with Crippen molar-refractivity contribution in [3.05, 3.63) is 58.6 Å². The third-order valence-electron chi connectivity index (χ3n) is 2.67. The quantitative estimate of drug-likeness (QED) is 0.817. The minimum absolute atomic E-state index is 0.248. The molecule has 0 fully saturated rings. The molecular formula is C15H13BrN2O2S. The number of methoxy groups -OCH3 is 1. The molecule has 0 unspecified atom stereocenters. The topological polar surface area (TPSA) is 50.4 Å². The zero-order chi connectivity index (χ0) is 15.2. The maximum absolute atomic E-state index is 12.1. The first-order valence-electron chi connectivity index (χ1n) is 6.11. The highest BCUT2D eigenvalue weighted by molar-refractivity contribution is 9.10. The summed E-state index contributed by atoms with van der Waals surface area (Å²) in [7, 11) is 1.57. The smallest absolute Gasteiger partial charge is 0.257 e. The number of anilines is 1. The van der Waals surface area contributed by atoms with Crippen LogP contribution in [0.25, 0.3) is 0 Å². The first kappa shape index (κ1) is 15.5. The number of para-hydroxylation sites is 1. The fraction of sp³-hybridized carbons (Fsp3) is 0.0667. The highest BCUT2D eigenvalue weighted by Gasteiger charge is 2.10. The largest absolute Gasteiger partial charge is 0.496 e. The molecule has 21 heavy (non-hydrogen) atoms. The van der Waals surface area contributed by atoms with Gasteiger partial charge in [0.15, 0.2) is 5.11 Å². The molecule has 6 heteroatoms. The zero-order valence-electron chi connectivity index (χ0n) is 11.2. The number of halogens is 1. The molecule has 0 radical (unpaired) electrons. The number of hydrogen-bond donors (Lipinski definition) is 2. The maximum atomic E-state index is 12.1. The minimum Gasteiger partial charge on any atom is -0.496 e. The van der Waals surface area contributed by atoms with Crippen molar-refractivity contribution in [2.24, 2.45) is 0 Å². The third kappa shape index (κ3) is 4.27. The lowest BCUT2D eigenvalue weighted by Gasteiger charge is -2.10. The number of rotatable bonds is 3. The Morgan fingerprint density at radius 1 is 1.19 bits per heavy atom. The monoisotopic (exact) mass is 364 g/mol. The van der Waals surface area contributed by atoms with E-state index in [2.05, 4.69) is 26.6 Å². The minimum atomic E-state index is -0.285. The second kappa shape index (κ2) is 7.19. The maximum Gasteiger partial charge on any atom is 0.257 e. The van der Waals surface area contributed by atoms with E-state index >= 15 is 0 Å². The number of hydrogen-bond acceptors (Lipinski definition) is 3. The highest BCUT2D eigenvalue weighted by atomic mass is 79.9. The number of benzene rings is 2. The van der Waals surface area contributed by atoms with E-state index in [9.17, 15) is 4.79 Å². The van der Waals surface area contributed by atoms with Crippen molar-refractivity contribution in [2.75, 3.05) is 12.4 Å². The van der Waals surface area contributed by atoms with E-state index < -0.39 is 0 Å². The number of amides is 1. The summed E-state index contributed by atoms with van der Waals surface area (Å²) < 4.78 is 5.83. The van der Waals surface area contributed by atoms with E-state index in [0.29, 0.717) is 15.8 Å². The van der Waals surface area contributed by atoms with Gasteiger partial charge in [0, 0.05) is 11.3 Å². The molecule has 0 heterocycles. The molecule has 0 aliphatic rings. The third-order valence-corrected chi connectivity index (χ3v) is 3.50. The van der Waals surface area contributed by atoms with Crippen LogP contribution in [0.5, 0.6) is 5.75 Å². The Balaban J connectivity index is 2.01. The van der Waals surface area contributed by atoms with Crippen LogP contribution >= 0.6 is 28.1 Å². The molecule has 2 N–H and O–H groups in total. The Morgan fingerprint density at radius 3 is 2.52 bits per heavy atom. The van der Waals surface area contributed by atoms with Gasteiger partial charge in [-0.1, -0.05) is 18.2 Å². The summed E-state index contributed by atoms with van der Waals surface area (Å²) in [4.78, 5) is 12.1.